The first kappa shape index (κ1) is 29.0. The zero-order chi connectivity index (χ0) is 28.9. The Bertz CT molecular complexity index is 1670. The molecule has 41 heavy (non-hydrogen) atoms. The van der Waals surface area contributed by atoms with Gasteiger partial charge in [0, 0.05) is 10.4 Å². The maximum atomic E-state index is 13.1. The van der Waals surface area contributed by atoms with Gasteiger partial charge in [-0.1, -0.05) is 48.0 Å². The van der Waals surface area contributed by atoms with E-state index in [1.54, 1.807) is 42.5 Å². The SMILES string of the molecule is CCOc1cc(/C=C2\SC(=O)N(CCOc3cccc4ccccc34)C2=O)cc(I)c1OC(=O)c1ccc(Cl)cc1. The molecule has 1 saturated heterocycles. The number of nitrogens with zero attached hydrogens (tertiary/aromatic N) is 1. The van der Waals surface area contributed by atoms with E-state index in [2.05, 4.69) is 0 Å². The lowest BCUT2D eigenvalue weighted by Gasteiger charge is -2.14. The van der Waals surface area contributed by atoms with Gasteiger partial charge in [-0.3, -0.25) is 14.5 Å². The van der Waals surface area contributed by atoms with E-state index < -0.39 is 11.9 Å². The molecule has 0 unspecified atom stereocenters. The van der Waals surface area contributed by atoms with Gasteiger partial charge in [-0.25, -0.2) is 4.79 Å². The Morgan fingerprint density at radius 1 is 0.976 bits per heavy atom. The van der Waals surface area contributed by atoms with Crippen LogP contribution in [-0.2, 0) is 4.79 Å². The summed E-state index contributed by atoms with van der Waals surface area (Å²) in [6, 6.07) is 23.4. The molecule has 0 aliphatic carbocycles. The van der Waals surface area contributed by atoms with Crippen molar-refractivity contribution in [2.45, 2.75) is 6.92 Å². The molecule has 5 rings (SSSR count). The van der Waals surface area contributed by atoms with Crippen molar-refractivity contribution in [1.29, 1.82) is 0 Å². The van der Waals surface area contributed by atoms with Crippen LogP contribution in [0.2, 0.25) is 5.02 Å². The van der Waals surface area contributed by atoms with E-state index in [0.717, 1.165) is 22.5 Å². The molecule has 0 aromatic heterocycles. The van der Waals surface area contributed by atoms with E-state index >= 15 is 0 Å². The number of rotatable bonds is 9. The highest BCUT2D eigenvalue weighted by atomic mass is 127. The van der Waals surface area contributed by atoms with Crippen LogP contribution in [0.4, 0.5) is 4.79 Å². The zero-order valence-corrected chi connectivity index (χ0v) is 25.5. The number of hydrogen-bond acceptors (Lipinski definition) is 7. The molecule has 7 nitrogen and oxygen atoms in total. The first-order chi connectivity index (χ1) is 19.8. The minimum atomic E-state index is -0.555. The Morgan fingerprint density at radius 3 is 2.51 bits per heavy atom. The third-order valence-corrected chi connectivity index (χ3v) is 8.06. The highest BCUT2D eigenvalue weighted by molar-refractivity contribution is 14.1. The predicted molar refractivity (Wildman–Crippen MR) is 169 cm³/mol. The molecule has 2 amide bonds. The van der Waals surface area contributed by atoms with Crippen LogP contribution in [0.25, 0.3) is 16.8 Å². The first-order valence-corrected chi connectivity index (χ1v) is 14.9. The summed E-state index contributed by atoms with van der Waals surface area (Å²) in [5, 5.41) is 2.16. The molecule has 4 aromatic rings. The van der Waals surface area contributed by atoms with Gasteiger partial charge in [0.1, 0.15) is 12.4 Å². The Balaban J connectivity index is 1.30. The van der Waals surface area contributed by atoms with E-state index in [9.17, 15) is 14.4 Å². The number of halogens is 2. The van der Waals surface area contributed by atoms with Crippen LogP contribution in [0.1, 0.15) is 22.8 Å². The third-order valence-electron chi connectivity index (χ3n) is 6.10. The topological polar surface area (TPSA) is 82.1 Å². The summed E-state index contributed by atoms with van der Waals surface area (Å²) in [5.41, 5.74) is 0.969. The van der Waals surface area contributed by atoms with Crippen molar-refractivity contribution in [1.82, 2.24) is 4.90 Å². The fourth-order valence-corrected chi connectivity index (χ4v) is 5.91. The molecule has 4 aromatic carbocycles. The lowest BCUT2D eigenvalue weighted by molar-refractivity contribution is -0.123. The number of thioether (sulfide) groups is 1. The van der Waals surface area contributed by atoms with Gasteiger partial charge in [0.2, 0.25) is 0 Å². The van der Waals surface area contributed by atoms with Crippen molar-refractivity contribution in [2.24, 2.45) is 0 Å². The van der Waals surface area contributed by atoms with Crippen LogP contribution < -0.4 is 14.2 Å². The molecule has 208 valence electrons. The molecule has 0 N–H and O–H groups in total. The van der Waals surface area contributed by atoms with Crippen molar-refractivity contribution in [3.8, 4) is 17.2 Å². The number of amides is 2. The van der Waals surface area contributed by atoms with Crippen molar-refractivity contribution >= 4 is 79.9 Å². The molecule has 1 aliphatic rings. The molecule has 1 aliphatic heterocycles. The Hall–Kier alpha value is -3.54. The molecule has 0 bridgehead atoms. The summed E-state index contributed by atoms with van der Waals surface area (Å²) in [6.45, 7) is 2.43. The van der Waals surface area contributed by atoms with E-state index in [4.69, 9.17) is 25.8 Å². The van der Waals surface area contributed by atoms with E-state index in [-0.39, 0.29) is 29.0 Å². The Kier molecular flexibility index (Phi) is 9.16. The van der Waals surface area contributed by atoms with Crippen LogP contribution in [0.3, 0.4) is 0 Å². The second-order valence-corrected chi connectivity index (χ2v) is 11.4. The minimum Gasteiger partial charge on any atom is -0.491 e. The summed E-state index contributed by atoms with van der Waals surface area (Å²) >= 11 is 8.83. The number of carbonyl (C=O) groups is 3. The van der Waals surface area contributed by atoms with Crippen molar-refractivity contribution in [3.63, 3.8) is 0 Å². The monoisotopic (exact) mass is 699 g/mol. The number of imide groups is 1. The van der Waals surface area contributed by atoms with Gasteiger partial charge in [0.15, 0.2) is 11.5 Å². The van der Waals surface area contributed by atoms with E-state index in [1.807, 2.05) is 72.0 Å². The van der Waals surface area contributed by atoms with Crippen LogP contribution in [-0.4, -0.2) is 41.8 Å². The molecule has 0 saturated carbocycles. The number of hydrogen-bond donors (Lipinski definition) is 0. The van der Waals surface area contributed by atoms with Crippen molar-refractivity contribution in [3.05, 3.63) is 103 Å². The maximum absolute atomic E-state index is 13.1. The summed E-state index contributed by atoms with van der Waals surface area (Å²) in [7, 11) is 0. The zero-order valence-electron chi connectivity index (χ0n) is 21.8. The van der Waals surface area contributed by atoms with Crippen LogP contribution in [0.15, 0.2) is 83.8 Å². The van der Waals surface area contributed by atoms with Gasteiger partial charge < -0.3 is 14.2 Å². The quantitative estimate of drug-likeness (QED) is 0.0763. The standard InChI is InChI=1S/C31H23ClINO6S/c1-2-38-26-17-19(16-24(33)28(26)40-30(36)21-10-12-22(32)13-11-21)18-27-29(35)34(31(37)41-27)14-15-39-25-9-5-7-20-6-3-4-8-23(20)25/h3-13,16-18H,2,14-15H2,1H3/b27-18-. The highest BCUT2D eigenvalue weighted by Gasteiger charge is 2.35. The number of ether oxygens (including phenoxy) is 3. The molecule has 10 heteroatoms. The average molecular weight is 700 g/mol. The summed E-state index contributed by atoms with van der Waals surface area (Å²) in [5.74, 6) is 0.354. The van der Waals surface area contributed by atoms with Gasteiger partial charge in [-0.05, 0) is 101 Å². The highest BCUT2D eigenvalue weighted by Crippen LogP contribution is 2.38. The van der Waals surface area contributed by atoms with Crippen molar-refractivity contribution in [2.75, 3.05) is 19.8 Å². The molecular weight excluding hydrogens is 677 g/mol. The van der Waals surface area contributed by atoms with E-state index in [1.165, 1.54) is 4.90 Å². The lowest BCUT2D eigenvalue weighted by atomic mass is 10.1. The van der Waals surface area contributed by atoms with Crippen LogP contribution >= 0.6 is 46.0 Å². The lowest BCUT2D eigenvalue weighted by Crippen LogP contribution is -2.32. The fraction of sp³-hybridized carbons (Fsp3) is 0.129. The number of esters is 1. The number of fused-ring (bicyclic) bond motifs is 1. The van der Waals surface area contributed by atoms with Gasteiger partial charge in [0.25, 0.3) is 11.1 Å². The Morgan fingerprint density at radius 2 is 1.73 bits per heavy atom. The normalized spacial score (nSPS) is 14.1. The number of benzene rings is 4. The third kappa shape index (κ3) is 6.69. The molecule has 0 radical (unpaired) electrons. The smallest absolute Gasteiger partial charge is 0.343 e. The second-order valence-electron chi connectivity index (χ2n) is 8.82. The largest absolute Gasteiger partial charge is 0.491 e. The molecular formula is C31H23ClINO6S. The molecule has 1 heterocycles. The van der Waals surface area contributed by atoms with Gasteiger partial charge in [-0.2, -0.15) is 0 Å². The van der Waals surface area contributed by atoms with Crippen molar-refractivity contribution < 1.29 is 28.6 Å². The summed E-state index contributed by atoms with van der Waals surface area (Å²) < 4.78 is 17.9. The second kappa shape index (κ2) is 13.0. The van der Waals surface area contributed by atoms with Gasteiger partial charge in [0.05, 0.1) is 27.2 Å². The molecule has 1 fully saturated rings. The first-order valence-electron chi connectivity index (χ1n) is 12.6. The minimum absolute atomic E-state index is 0.118. The molecule has 0 spiro atoms. The Labute approximate surface area is 259 Å². The molecule has 0 atom stereocenters. The van der Waals surface area contributed by atoms with E-state index in [0.29, 0.717) is 37.8 Å². The number of carbonyl (C=O) groups excluding carboxylic acids is 3. The van der Waals surface area contributed by atoms with Gasteiger partial charge in [-0.15, -0.1) is 0 Å². The van der Waals surface area contributed by atoms with Crippen LogP contribution in [0.5, 0.6) is 17.2 Å². The predicted octanol–water partition coefficient (Wildman–Crippen LogP) is 7.83. The average Bonchev–Trinajstić information content (AvgIpc) is 3.22. The summed E-state index contributed by atoms with van der Waals surface area (Å²) in [6.07, 6.45) is 1.63. The maximum Gasteiger partial charge on any atom is 0.343 e. The summed E-state index contributed by atoms with van der Waals surface area (Å²) in [4.78, 5) is 40.0. The van der Waals surface area contributed by atoms with Gasteiger partial charge >= 0.3 is 5.97 Å². The van der Waals surface area contributed by atoms with Crippen LogP contribution in [0, 0.1) is 3.57 Å². The fourth-order valence-electron chi connectivity index (χ4n) is 4.18.